The van der Waals surface area contributed by atoms with Crippen LogP contribution >= 0.6 is 57.1 Å². The second-order valence-electron chi connectivity index (χ2n) is 7.58. The van der Waals surface area contributed by atoms with E-state index < -0.39 is 10.8 Å². The molecule has 1 N–H and O–H groups in total. The summed E-state index contributed by atoms with van der Waals surface area (Å²) in [6.45, 7) is 2.52. The molecule has 0 atom stereocenters. The highest BCUT2D eigenvalue weighted by molar-refractivity contribution is 14.1. The summed E-state index contributed by atoms with van der Waals surface area (Å²) < 4.78 is 13.3. The first-order valence-electron chi connectivity index (χ1n) is 10.8. The van der Waals surface area contributed by atoms with Gasteiger partial charge in [-0.2, -0.15) is 5.10 Å². The number of fused-ring (bicyclic) bond motifs is 1. The summed E-state index contributed by atoms with van der Waals surface area (Å²) in [6, 6.07) is 14.9. The number of nitrogens with one attached hydrogen (secondary N) is 1. The topological polar surface area (TPSA) is 103 Å². The summed E-state index contributed by atoms with van der Waals surface area (Å²) >= 11 is 15.6. The third-order valence-corrected chi connectivity index (χ3v) is 7.54. The van der Waals surface area contributed by atoms with Crippen molar-refractivity contribution in [3.8, 4) is 11.5 Å². The summed E-state index contributed by atoms with van der Waals surface area (Å²) in [5, 5.41) is 16.7. The average molecular weight is 670 g/mol. The number of non-ortho nitro benzene ring substituents is 1. The predicted octanol–water partition coefficient (Wildman–Crippen LogP) is 7.46. The molecule has 4 rings (SSSR count). The van der Waals surface area contributed by atoms with Crippen LogP contribution in [-0.4, -0.2) is 23.7 Å². The van der Waals surface area contributed by atoms with E-state index in [1.807, 2.05) is 13.0 Å². The molecular weight excluding hydrogens is 652 g/mol. The van der Waals surface area contributed by atoms with E-state index in [0.717, 1.165) is 13.8 Å². The maximum absolute atomic E-state index is 12.6. The zero-order chi connectivity index (χ0) is 26.5. The highest BCUT2D eigenvalue weighted by atomic mass is 127. The molecule has 1 aromatic heterocycles. The van der Waals surface area contributed by atoms with Crippen LogP contribution in [0.2, 0.25) is 10.0 Å². The predicted molar refractivity (Wildman–Crippen MR) is 155 cm³/mol. The number of nitro groups is 1. The Kier molecular flexibility index (Phi) is 8.85. The number of ether oxygens (including phenoxy) is 2. The number of hydrazone groups is 1. The van der Waals surface area contributed by atoms with Crippen molar-refractivity contribution < 1.29 is 19.2 Å². The van der Waals surface area contributed by atoms with Gasteiger partial charge in [0.1, 0.15) is 6.61 Å². The lowest BCUT2D eigenvalue weighted by molar-refractivity contribution is -0.384. The Hall–Kier alpha value is -2.93. The van der Waals surface area contributed by atoms with Crippen LogP contribution in [0.25, 0.3) is 10.1 Å². The smallest absolute Gasteiger partial charge is 0.281 e. The van der Waals surface area contributed by atoms with E-state index in [2.05, 4.69) is 33.1 Å². The first kappa shape index (κ1) is 27.1. The Morgan fingerprint density at radius 3 is 2.70 bits per heavy atom. The van der Waals surface area contributed by atoms with Gasteiger partial charge >= 0.3 is 0 Å². The van der Waals surface area contributed by atoms with Gasteiger partial charge in [-0.05, 0) is 71.5 Å². The van der Waals surface area contributed by atoms with Crippen molar-refractivity contribution in [3.63, 3.8) is 0 Å². The first-order chi connectivity index (χ1) is 17.7. The molecule has 37 heavy (non-hydrogen) atoms. The number of carbonyl (C=O) groups excluding carboxylic acids is 1. The van der Waals surface area contributed by atoms with Gasteiger partial charge in [-0.25, -0.2) is 5.43 Å². The lowest BCUT2D eigenvalue weighted by Crippen LogP contribution is -2.16. The highest BCUT2D eigenvalue weighted by Crippen LogP contribution is 2.35. The molecule has 1 amide bonds. The van der Waals surface area contributed by atoms with Gasteiger partial charge in [-0.3, -0.25) is 14.9 Å². The Balaban J connectivity index is 1.47. The number of halogens is 3. The maximum atomic E-state index is 12.6. The van der Waals surface area contributed by atoms with Gasteiger partial charge in [-0.1, -0.05) is 29.3 Å². The minimum atomic E-state index is -0.470. The van der Waals surface area contributed by atoms with Gasteiger partial charge in [-0.15, -0.1) is 11.3 Å². The molecule has 1 heterocycles. The van der Waals surface area contributed by atoms with Crippen molar-refractivity contribution in [2.75, 3.05) is 6.61 Å². The van der Waals surface area contributed by atoms with Gasteiger partial charge < -0.3 is 9.47 Å². The van der Waals surface area contributed by atoms with Crippen LogP contribution < -0.4 is 14.9 Å². The fourth-order valence-electron chi connectivity index (χ4n) is 3.33. The van der Waals surface area contributed by atoms with E-state index >= 15 is 0 Å². The van der Waals surface area contributed by atoms with Gasteiger partial charge in [0.15, 0.2) is 11.5 Å². The summed E-state index contributed by atoms with van der Waals surface area (Å²) in [5.74, 6) is 0.673. The minimum Gasteiger partial charge on any atom is -0.490 e. The van der Waals surface area contributed by atoms with Crippen molar-refractivity contribution >= 4 is 85.0 Å². The van der Waals surface area contributed by atoms with Crippen molar-refractivity contribution in [2.24, 2.45) is 5.10 Å². The minimum absolute atomic E-state index is 0.0290. The number of carbonyl (C=O) groups is 1. The van der Waals surface area contributed by atoms with Crippen LogP contribution in [0.1, 0.15) is 27.7 Å². The Morgan fingerprint density at radius 1 is 1.16 bits per heavy atom. The van der Waals surface area contributed by atoms with Gasteiger partial charge in [0, 0.05) is 37.8 Å². The van der Waals surface area contributed by atoms with Crippen LogP contribution in [0.5, 0.6) is 11.5 Å². The van der Waals surface area contributed by atoms with Crippen molar-refractivity contribution in [1.29, 1.82) is 0 Å². The molecule has 12 heteroatoms. The van der Waals surface area contributed by atoms with Crippen LogP contribution in [0, 0.1) is 13.7 Å². The molecular formula is C25H18Cl2IN3O5S. The second-order valence-corrected chi connectivity index (χ2v) is 10.7. The molecule has 3 aromatic carbocycles. The monoisotopic (exact) mass is 669 g/mol. The molecule has 0 saturated carbocycles. The molecule has 0 aliphatic heterocycles. The molecule has 0 aliphatic carbocycles. The number of amides is 1. The third-order valence-electron chi connectivity index (χ3n) is 5.03. The largest absolute Gasteiger partial charge is 0.490 e. The zero-order valence-corrected chi connectivity index (χ0v) is 23.7. The van der Waals surface area contributed by atoms with E-state index in [0.29, 0.717) is 44.0 Å². The van der Waals surface area contributed by atoms with Crippen LogP contribution in [0.3, 0.4) is 0 Å². The molecule has 0 bridgehead atoms. The molecule has 0 fully saturated rings. The Morgan fingerprint density at radius 2 is 1.97 bits per heavy atom. The van der Waals surface area contributed by atoms with Crippen LogP contribution in [0.15, 0.2) is 59.7 Å². The standard InChI is InChI=1S/C25H18Cl2IN3O5S/c1-2-35-21-8-14(7-20(28)24(21)36-13-15-3-4-17(26)11-19(15)27)12-29-30-25(32)23-10-16-9-18(31(33)34)5-6-22(16)37-23/h3-12H,2,13H2,1H3,(H,30,32)/b29-12-. The number of hydrogen-bond donors (Lipinski definition) is 1. The Bertz CT molecular complexity index is 1530. The quantitative estimate of drug-likeness (QED) is 0.0862. The summed E-state index contributed by atoms with van der Waals surface area (Å²) in [5.41, 5.74) is 3.94. The summed E-state index contributed by atoms with van der Waals surface area (Å²) in [7, 11) is 0. The van der Waals surface area contributed by atoms with E-state index in [1.54, 1.807) is 36.4 Å². The fraction of sp³-hybridized carbons (Fsp3) is 0.120. The SMILES string of the molecule is CCOc1cc(/C=N\NC(=O)c2cc3cc([N+](=O)[O-])ccc3s2)cc(I)c1OCc1ccc(Cl)cc1Cl. The summed E-state index contributed by atoms with van der Waals surface area (Å²) in [6.07, 6.45) is 1.50. The van der Waals surface area contributed by atoms with Crippen LogP contribution in [0.4, 0.5) is 5.69 Å². The maximum Gasteiger partial charge on any atom is 0.281 e. The second kappa shape index (κ2) is 12.1. The van der Waals surface area contributed by atoms with E-state index in [1.165, 1.54) is 29.7 Å². The van der Waals surface area contributed by atoms with E-state index in [-0.39, 0.29) is 12.3 Å². The Labute approximate surface area is 239 Å². The average Bonchev–Trinajstić information content (AvgIpc) is 3.28. The van der Waals surface area contributed by atoms with E-state index in [4.69, 9.17) is 32.7 Å². The van der Waals surface area contributed by atoms with Crippen LogP contribution in [-0.2, 0) is 6.61 Å². The molecule has 4 aromatic rings. The molecule has 0 radical (unpaired) electrons. The molecule has 8 nitrogen and oxygen atoms in total. The zero-order valence-electron chi connectivity index (χ0n) is 19.2. The van der Waals surface area contributed by atoms with Gasteiger partial charge in [0.25, 0.3) is 11.6 Å². The lowest BCUT2D eigenvalue weighted by atomic mass is 10.2. The summed E-state index contributed by atoms with van der Waals surface area (Å²) in [4.78, 5) is 23.5. The number of thiophene rings is 1. The highest BCUT2D eigenvalue weighted by Gasteiger charge is 2.15. The normalized spacial score (nSPS) is 11.1. The number of nitrogens with zero attached hydrogens (tertiary/aromatic N) is 2. The number of hydrogen-bond acceptors (Lipinski definition) is 7. The van der Waals surface area contributed by atoms with Gasteiger partial charge in [0.2, 0.25) is 0 Å². The molecule has 0 saturated heterocycles. The van der Waals surface area contributed by atoms with E-state index in [9.17, 15) is 14.9 Å². The fourth-order valence-corrected chi connectivity index (χ4v) is 5.51. The van der Waals surface area contributed by atoms with Crippen molar-refractivity contribution in [1.82, 2.24) is 5.43 Å². The number of benzene rings is 3. The van der Waals surface area contributed by atoms with Gasteiger partial charge in [0.05, 0.1) is 26.2 Å². The molecule has 0 spiro atoms. The molecule has 190 valence electrons. The number of rotatable bonds is 9. The first-order valence-corrected chi connectivity index (χ1v) is 13.4. The van der Waals surface area contributed by atoms with Crippen molar-refractivity contribution in [3.05, 3.63) is 94.3 Å². The molecule has 0 aliphatic rings. The van der Waals surface area contributed by atoms with Crippen molar-refractivity contribution in [2.45, 2.75) is 13.5 Å². The lowest BCUT2D eigenvalue weighted by Gasteiger charge is -2.15. The third kappa shape index (κ3) is 6.69. The number of nitro benzene ring substituents is 1. The molecule has 0 unspecified atom stereocenters.